The van der Waals surface area contributed by atoms with Crippen LogP contribution in [0.1, 0.15) is 21.8 Å². The van der Waals surface area contributed by atoms with E-state index in [1.54, 1.807) is 29.0 Å². The van der Waals surface area contributed by atoms with E-state index >= 15 is 0 Å². The average Bonchev–Trinajstić information content (AvgIpc) is 2.97. The number of nitriles is 1. The molecule has 0 aliphatic heterocycles. The summed E-state index contributed by atoms with van der Waals surface area (Å²) in [5.41, 5.74) is 2.91. The number of hydrogen-bond acceptors (Lipinski definition) is 4. The highest BCUT2D eigenvalue weighted by molar-refractivity contribution is 5.93. The summed E-state index contributed by atoms with van der Waals surface area (Å²) in [6, 6.07) is 7.12. The molecule has 2 aromatic rings. The Balaban J connectivity index is 2.18. The number of hydrogen-bond donors (Lipinski definition) is 2. The van der Waals surface area contributed by atoms with Gasteiger partial charge >= 0.3 is 0 Å². The van der Waals surface area contributed by atoms with Crippen molar-refractivity contribution in [1.29, 1.82) is 5.26 Å². The van der Waals surface area contributed by atoms with Crippen molar-refractivity contribution in [1.82, 2.24) is 9.99 Å². The van der Waals surface area contributed by atoms with E-state index < -0.39 is 5.91 Å². The third-order valence-corrected chi connectivity index (χ3v) is 2.32. The Hall–Kier alpha value is -2.52. The molecule has 3 N–H and O–H groups in total. The molecule has 0 aliphatic carbocycles. The largest absolute Gasteiger partial charge is 0.467 e. The molecule has 17 heavy (non-hydrogen) atoms. The average molecular weight is 230 g/mol. The number of rotatable bonds is 3. The molecule has 1 amide bonds. The fraction of sp³-hybridized carbons (Fsp3) is 0.0909. The minimum absolute atomic E-state index is 0.355. The molecule has 0 aromatic carbocycles. The van der Waals surface area contributed by atoms with Crippen LogP contribution in [0.5, 0.6) is 0 Å². The summed E-state index contributed by atoms with van der Waals surface area (Å²) >= 11 is 0. The number of amides is 1. The van der Waals surface area contributed by atoms with Gasteiger partial charge in [0.25, 0.3) is 5.91 Å². The minimum Gasteiger partial charge on any atom is -0.467 e. The van der Waals surface area contributed by atoms with Gasteiger partial charge in [-0.25, -0.2) is 5.84 Å². The van der Waals surface area contributed by atoms with Gasteiger partial charge in [0.1, 0.15) is 23.8 Å². The molecule has 0 saturated carbocycles. The van der Waals surface area contributed by atoms with Gasteiger partial charge in [-0.2, -0.15) is 5.26 Å². The van der Waals surface area contributed by atoms with Crippen LogP contribution in [0.25, 0.3) is 0 Å². The Kier molecular flexibility index (Phi) is 2.94. The van der Waals surface area contributed by atoms with Crippen molar-refractivity contribution in [3.63, 3.8) is 0 Å². The maximum absolute atomic E-state index is 11.2. The van der Waals surface area contributed by atoms with E-state index in [-0.39, 0.29) is 0 Å². The van der Waals surface area contributed by atoms with E-state index in [4.69, 9.17) is 15.5 Å². The lowest BCUT2D eigenvalue weighted by atomic mass is 10.3. The van der Waals surface area contributed by atoms with Crippen molar-refractivity contribution < 1.29 is 9.21 Å². The molecule has 2 aromatic heterocycles. The van der Waals surface area contributed by atoms with Crippen molar-refractivity contribution in [2.24, 2.45) is 5.84 Å². The van der Waals surface area contributed by atoms with Crippen LogP contribution in [0.3, 0.4) is 0 Å². The van der Waals surface area contributed by atoms with E-state index in [1.807, 2.05) is 5.43 Å². The minimum atomic E-state index is -0.409. The molecule has 0 spiro atoms. The van der Waals surface area contributed by atoms with Gasteiger partial charge < -0.3 is 8.98 Å². The molecule has 0 unspecified atom stereocenters. The number of nitrogens with zero attached hydrogens (tertiary/aromatic N) is 2. The Morgan fingerprint density at radius 3 is 3.18 bits per heavy atom. The van der Waals surface area contributed by atoms with Crippen molar-refractivity contribution in [3.05, 3.63) is 47.7 Å². The number of nitrogen functional groups attached to an aromatic ring is 1. The predicted octanol–water partition coefficient (Wildman–Crippen LogP) is 0.605. The molecule has 6 nitrogen and oxygen atoms in total. The Labute approximate surface area is 97.2 Å². The molecule has 0 radical (unpaired) electrons. The second-order valence-corrected chi connectivity index (χ2v) is 3.41. The first kappa shape index (κ1) is 11.0. The van der Waals surface area contributed by atoms with E-state index in [0.717, 1.165) is 0 Å². The highest BCUT2D eigenvalue weighted by Crippen LogP contribution is 2.11. The number of nitrogens with two attached hydrogens (primary N) is 1. The number of carbonyl (C=O) groups is 1. The van der Waals surface area contributed by atoms with Crippen LogP contribution in [-0.2, 0) is 6.54 Å². The number of hydrazine groups is 1. The molecule has 0 saturated heterocycles. The number of furan rings is 1. The van der Waals surface area contributed by atoms with Gasteiger partial charge in [-0.1, -0.05) is 0 Å². The van der Waals surface area contributed by atoms with Gasteiger partial charge in [0.15, 0.2) is 0 Å². The first-order chi connectivity index (χ1) is 8.24. The summed E-state index contributed by atoms with van der Waals surface area (Å²) < 4.78 is 6.94. The highest BCUT2D eigenvalue weighted by atomic mass is 16.3. The summed E-state index contributed by atoms with van der Waals surface area (Å²) in [5.74, 6) is 5.18. The fourth-order valence-corrected chi connectivity index (χ4v) is 1.49. The van der Waals surface area contributed by atoms with Crippen molar-refractivity contribution in [3.8, 4) is 6.07 Å². The third kappa shape index (κ3) is 2.19. The van der Waals surface area contributed by atoms with E-state index in [1.165, 1.54) is 6.26 Å². The standard InChI is InChI=1S/C11H10N4O2/c12-5-9-2-1-3-15(9)6-10-4-8(7-17-10)11(16)14-13/h1-4,7H,6,13H2,(H,14,16). The maximum atomic E-state index is 11.2. The van der Waals surface area contributed by atoms with Gasteiger partial charge in [0.2, 0.25) is 0 Å². The zero-order chi connectivity index (χ0) is 12.3. The molecule has 2 rings (SSSR count). The molecular weight excluding hydrogens is 220 g/mol. The van der Waals surface area contributed by atoms with Crippen LogP contribution in [0, 0.1) is 11.3 Å². The first-order valence-electron chi connectivity index (χ1n) is 4.88. The van der Waals surface area contributed by atoms with Gasteiger partial charge in [-0.05, 0) is 18.2 Å². The SMILES string of the molecule is N#Cc1cccn1Cc1cc(C(=O)NN)co1. The van der Waals surface area contributed by atoms with Crippen LogP contribution in [0.15, 0.2) is 35.1 Å². The number of nitrogens with one attached hydrogen (secondary N) is 1. The molecule has 0 fully saturated rings. The lowest BCUT2D eigenvalue weighted by molar-refractivity contribution is 0.0953. The first-order valence-corrected chi connectivity index (χ1v) is 4.88. The molecule has 0 bridgehead atoms. The van der Waals surface area contributed by atoms with Gasteiger partial charge in [-0.3, -0.25) is 10.2 Å². The van der Waals surface area contributed by atoms with Crippen molar-refractivity contribution in [2.45, 2.75) is 6.54 Å². The number of carbonyl (C=O) groups excluding carboxylic acids is 1. The second-order valence-electron chi connectivity index (χ2n) is 3.41. The monoisotopic (exact) mass is 230 g/mol. The summed E-state index contributed by atoms with van der Waals surface area (Å²) in [4.78, 5) is 11.2. The number of aromatic nitrogens is 1. The van der Waals surface area contributed by atoms with E-state index in [2.05, 4.69) is 6.07 Å². The molecule has 0 aliphatic rings. The van der Waals surface area contributed by atoms with Gasteiger partial charge in [-0.15, -0.1) is 0 Å². The second kappa shape index (κ2) is 4.55. The van der Waals surface area contributed by atoms with E-state index in [0.29, 0.717) is 23.6 Å². The lowest BCUT2D eigenvalue weighted by Gasteiger charge is -2.00. The van der Waals surface area contributed by atoms with Crippen molar-refractivity contribution >= 4 is 5.91 Å². The van der Waals surface area contributed by atoms with Crippen LogP contribution in [-0.4, -0.2) is 10.5 Å². The maximum Gasteiger partial charge on any atom is 0.268 e. The summed E-state index contributed by atoms with van der Waals surface area (Å²) in [5, 5.41) is 8.83. The van der Waals surface area contributed by atoms with Gasteiger partial charge in [0, 0.05) is 6.20 Å². The molecule has 86 valence electrons. The summed E-state index contributed by atoms with van der Waals surface area (Å²) in [6.07, 6.45) is 3.09. The topological polar surface area (TPSA) is 97.0 Å². The quantitative estimate of drug-likeness (QED) is 0.458. The summed E-state index contributed by atoms with van der Waals surface area (Å²) in [7, 11) is 0. The van der Waals surface area contributed by atoms with Crippen molar-refractivity contribution in [2.75, 3.05) is 0 Å². The van der Waals surface area contributed by atoms with Crippen LogP contribution >= 0.6 is 0 Å². The Bertz CT molecular complexity index is 576. The zero-order valence-electron chi connectivity index (χ0n) is 8.88. The molecule has 0 atom stereocenters. The fourth-order valence-electron chi connectivity index (χ4n) is 1.49. The molecule has 6 heteroatoms. The molecule has 2 heterocycles. The summed E-state index contributed by atoms with van der Waals surface area (Å²) in [6.45, 7) is 0.397. The normalized spacial score (nSPS) is 9.88. The van der Waals surface area contributed by atoms with Crippen LogP contribution in [0.4, 0.5) is 0 Å². The third-order valence-electron chi connectivity index (χ3n) is 2.32. The van der Waals surface area contributed by atoms with Crippen LogP contribution in [0.2, 0.25) is 0 Å². The van der Waals surface area contributed by atoms with Gasteiger partial charge in [0.05, 0.1) is 12.1 Å². The zero-order valence-corrected chi connectivity index (χ0v) is 8.88. The smallest absolute Gasteiger partial charge is 0.268 e. The molecular formula is C11H10N4O2. The highest BCUT2D eigenvalue weighted by Gasteiger charge is 2.09. The predicted molar refractivity (Wildman–Crippen MR) is 58.6 cm³/mol. The Morgan fingerprint density at radius 1 is 1.65 bits per heavy atom. The van der Waals surface area contributed by atoms with E-state index in [9.17, 15) is 4.79 Å². The Morgan fingerprint density at radius 2 is 2.47 bits per heavy atom. The lowest BCUT2D eigenvalue weighted by Crippen LogP contribution is -2.29. The van der Waals surface area contributed by atoms with Crippen LogP contribution < -0.4 is 11.3 Å².